The van der Waals surface area contributed by atoms with Crippen LogP contribution in [0.2, 0.25) is 10.0 Å². The number of hydrogen-bond donors (Lipinski definition) is 1. The first kappa shape index (κ1) is 28.6. The minimum absolute atomic E-state index is 0.326. The van der Waals surface area contributed by atoms with Crippen LogP contribution in [0.4, 0.5) is 0 Å². The van der Waals surface area contributed by atoms with E-state index in [2.05, 4.69) is 20.0 Å². The minimum atomic E-state index is -0.469. The number of benzene rings is 2. The summed E-state index contributed by atoms with van der Waals surface area (Å²) in [7, 11) is 4.29. The second kappa shape index (κ2) is 13.1. The monoisotopic (exact) mass is 581 g/mol. The zero-order valence-corrected chi connectivity index (χ0v) is 23.3. The van der Waals surface area contributed by atoms with Crippen molar-refractivity contribution in [2.75, 3.05) is 21.3 Å². The first-order chi connectivity index (χ1) is 19.4. The fraction of sp³-hybridized carbons (Fsp3) is 0.143. The molecule has 0 spiro atoms. The lowest BCUT2D eigenvalue weighted by molar-refractivity contribution is 0.0592. The van der Waals surface area contributed by atoms with Crippen molar-refractivity contribution in [1.82, 2.24) is 24.5 Å². The van der Waals surface area contributed by atoms with Gasteiger partial charge in [-0.2, -0.15) is 10.2 Å². The number of aromatic nitrogens is 5. The Hall–Kier alpha value is -4.38. The van der Waals surface area contributed by atoms with E-state index in [9.17, 15) is 9.59 Å². The maximum Gasteiger partial charge on any atom is 0.339 e. The average molecular weight is 582 g/mol. The summed E-state index contributed by atoms with van der Waals surface area (Å²) >= 11 is 12.0. The smallest absolute Gasteiger partial charge is 0.339 e. The summed E-state index contributed by atoms with van der Waals surface area (Å²) < 4.78 is 18.2. The SMILES string of the molecule is COC(=O)c1cc(-c2cn[nH]c2)ccc1Cl.COCn1cccc1-n1cc(-c2ccc(Cl)c(C(=O)OC)c2)cn1. The minimum Gasteiger partial charge on any atom is -0.465 e. The first-order valence-corrected chi connectivity index (χ1v) is 12.6. The number of halogens is 2. The number of hydrogen-bond acceptors (Lipinski definition) is 7. The van der Waals surface area contributed by atoms with Gasteiger partial charge >= 0.3 is 11.9 Å². The Morgan fingerprint density at radius 1 is 0.850 bits per heavy atom. The molecule has 0 saturated heterocycles. The third-order valence-electron chi connectivity index (χ3n) is 5.80. The first-order valence-electron chi connectivity index (χ1n) is 11.8. The predicted octanol–water partition coefficient (Wildman–Crippen LogP) is 5.90. The van der Waals surface area contributed by atoms with Crippen LogP contribution < -0.4 is 0 Å². The largest absolute Gasteiger partial charge is 0.465 e. The van der Waals surface area contributed by atoms with Crippen LogP contribution in [-0.2, 0) is 20.9 Å². The van der Waals surface area contributed by atoms with E-state index in [4.69, 9.17) is 32.7 Å². The molecule has 0 aliphatic heterocycles. The highest BCUT2D eigenvalue weighted by Gasteiger charge is 2.14. The number of nitrogens with zero attached hydrogens (tertiary/aromatic N) is 4. The van der Waals surface area contributed by atoms with Gasteiger partial charge in [-0.3, -0.25) is 5.10 Å². The van der Waals surface area contributed by atoms with E-state index in [1.54, 1.807) is 54.6 Å². The highest BCUT2D eigenvalue weighted by molar-refractivity contribution is 6.34. The van der Waals surface area contributed by atoms with Gasteiger partial charge in [0.1, 0.15) is 12.5 Å². The van der Waals surface area contributed by atoms with Gasteiger partial charge in [0, 0.05) is 36.8 Å². The molecular formula is C28H25Cl2N5O5. The molecule has 0 aliphatic carbocycles. The molecule has 5 rings (SSSR count). The lowest BCUT2D eigenvalue weighted by Crippen LogP contribution is -2.06. The topological polar surface area (TPSA) is 113 Å². The van der Waals surface area contributed by atoms with Gasteiger partial charge in [0.05, 0.1) is 47.8 Å². The molecule has 0 amide bonds. The third-order valence-corrected chi connectivity index (χ3v) is 6.46. The van der Waals surface area contributed by atoms with E-state index < -0.39 is 11.9 Å². The number of esters is 2. The number of carbonyl (C=O) groups is 2. The standard InChI is InChI=1S/C17H16ClN3O3.C11H9ClN2O2/c1-23-11-20-7-3-4-16(20)21-10-13(9-19-21)12-5-6-15(18)14(8-12)17(22)24-2;1-16-11(15)9-4-7(2-3-10(9)12)8-5-13-14-6-8/h3-10H,11H2,1-2H3;2-6H,1H3,(H,13,14). The van der Waals surface area contributed by atoms with Gasteiger partial charge in [-0.1, -0.05) is 35.3 Å². The highest BCUT2D eigenvalue weighted by Crippen LogP contribution is 2.27. The van der Waals surface area contributed by atoms with E-state index in [0.29, 0.717) is 27.9 Å². The van der Waals surface area contributed by atoms with Crippen molar-refractivity contribution in [2.24, 2.45) is 0 Å². The summed E-state index contributed by atoms with van der Waals surface area (Å²) in [4.78, 5) is 23.2. The molecule has 0 fully saturated rings. The maximum absolute atomic E-state index is 11.8. The Balaban J connectivity index is 0.000000201. The number of ether oxygens (including phenoxy) is 3. The van der Waals surface area contributed by atoms with E-state index in [1.807, 2.05) is 41.2 Å². The van der Waals surface area contributed by atoms with Gasteiger partial charge in [-0.25, -0.2) is 14.3 Å². The van der Waals surface area contributed by atoms with Gasteiger partial charge in [0.15, 0.2) is 0 Å². The zero-order chi connectivity index (χ0) is 28.6. The summed E-state index contributed by atoms with van der Waals surface area (Å²) in [5.41, 5.74) is 4.12. The number of carbonyl (C=O) groups excluding carboxylic acids is 2. The number of H-pyrrole nitrogens is 1. The number of rotatable bonds is 7. The van der Waals surface area contributed by atoms with E-state index in [1.165, 1.54) is 14.2 Å². The Kier molecular flexibility index (Phi) is 9.39. The van der Waals surface area contributed by atoms with Crippen molar-refractivity contribution in [3.63, 3.8) is 0 Å². The molecular weight excluding hydrogens is 557 g/mol. The summed E-state index contributed by atoms with van der Waals surface area (Å²) in [5, 5.41) is 11.7. The van der Waals surface area contributed by atoms with Crippen LogP contribution in [0, 0.1) is 0 Å². The number of nitrogens with one attached hydrogen (secondary N) is 1. The normalized spacial score (nSPS) is 10.5. The van der Waals surface area contributed by atoms with Gasteiger partial charge in [-0.05, 0) is 47.5 Å². The molecule has 5 aromatic rings. The maximum atomic E-state index is 11.8. The molecule has 0 saturated carbocycles. The lowest BCUT2D eigenvalue weighted by Gasteiger charge is -2.07. The van der Waals surface area contributed by atoms with Gasteiger partial charge < -0.3 is 18.8 Å². The lowest BCUT2D eigenvalue weighted by atomic mass is 10.1. The van der Waals surface area contributed by atoms with Crippen molar-refractivity contribution in [1.29, 1.82) is 0 Å². The summed E-state index contributed by atoms with van der Waals surface area (Å²) in [6.07, 6.45) is 8.94. The van der Waals surface area contributed by atoms with Crippen molar-refractivity contribution in [3.8, 4) is 28.1 Å². The summed E-state index contributed by atoms with van der Waals surface area (Å²) in [6, 6.07) is 14.2. The van der Waals surface area contributed by atoms with Crippen LogP contribution in [0.3, 0.4) is 0 Å². The molecule has 206 valence electrons. The van der Waals surface area contributed by atoms with Crippen molar-refractivity contribution in [2.45, 2.75) is 6.73 Å². The molecule has 0 unspecified atom stereocenters. The Bertz CT molecular complexity index is 1610. The highest BCUT2D eigenvalue weighted by atomic mass is 35.5. The molecule has 1 N–H and O–H groups in total. The van der Waals surface area contributed by atoms with Crippen molar-refractivity contribution < 1.29 is 23.8 Å². The Morgan fingerprint density at radius 3 is 2.02 bits per heavy atom. The van der Waals surface area contributed by atoms with Gasteiger partial charge in [0.2, 0.25) is 0 Å². The van der Waals surface area contributed by atoms with Crippen LogP contribution in [0.15, 0.2) is 79.5 Å². The van der Waals surface area contributed by atoms with Gasteiger partial charge in [0.25, 0.3) is 0 Å². The fourth-order valence-corrected chi connectivity index (χ4v) is 4.20. The molecule has 40 heavy (non-hydrogen) atoms. The van der Waals surface area contributed by atoms with Crippen LogP contribution in [0.1, 0.15) is 20.7 Å². The van der Waals surface area contributed by atoms with Crippen molar-refractivity contribution in [3.05, 3.63) is 101 Å². The quantitative estimate of drug-likeness (QED) is 0.238. The second-order valence-electron chi connectivity index (χ2n) is 8.29. The molecule has 0 bridgehead atoms. The molecule has 3 aromatic heterocycles. The molecule has 0 radical (unpaired) electrons. The second-order valence-corrected chi connectivity index (χ2v) is 9.10. The number of methoxy groups -OCH3 is 3. The molecule has 3 heterocycles. The zero-order valence-electron chi connectivity index (χ0n) is 21.8. The van der Waals surface area contributed by atoms with E-state index >= 15 is 0 Å². The van der Waals surface area contributed by atoms with Crippen molar-refractivity contribution >= 4 is 35.1 Å². The number of aromatic amines is 1. The van der Waals surface area contributed by atoms with E-state index in [0.717, 1.165) is 28.1 Å². The van der Waals surface area contributed by atoms with Crippen LogP contribution in [0.25, 0.3) is 28.1 Å². The van der Waals surface area contributed by atoms with Crippen LogP contribution >= 0.6 is 23.2 Å². The predicted molar refractivity (Wildman–Crippen MR) is 151 cm³/mol. The molecule has 0 aliphatic rings. The Labute approximate surface area is 240 Å². The molecule has 10 nitrogen and oxygen atoms in total. The van der Waals surface area contributed by atoms with Crippen LogP contribution in [-0.4, -0.2) is 57.8 Å². The summed E-state index contributed by atoms with van der Waals surface area (Å²) in [6.45, 7) is 0.435. The molecule has 2 aromatic carbocycles. The van der Waals surface area contributed by atoms with E-state index in [-0.39, 0.29) is 0 Å². The van der Waals surface area contributed by atoms with Gasteiger partial charge in [-0.15, -0.1) is 0 Å². The Morgan fingerprint density at radius 2 is 1.48 bits per heavy atom. The fourth-order valence-electron chi connectivity index (χ4n) is 3.81. The summed E-state index contributed by atoms with van der Waals surface area (Å²) in [5.74, 6) is -0.0381. The average Bonchev–Trinajstić information content (AvgIpc) is 3.76. The molecule has 12 heteroatoms. The van der Waals surface area contributed by atoms with Crippen LogP contribution in [0.5, 0.6) is 0 Å². The third kappa shape index (κ3) is 6.42. The molecule has 0 atom stereocenters.